The van der Waals surface area contributed by atoms with Gasteiger partial charge < -0.3 is 4.74 Å². The normalized spacial score (nSPS) is 11.7. The molecule has 0 aliphatic heterocycles. The Hall–Kier alpha value is -1.50. The summed E-state index contributed by atoms with van der Waals surface area (Å²) in [6, 6.07) is 5.98. The average molecular weight is 204 g/mol. The summed E-state index contributed by atoms with van der Waals surface area (Å²) in [5.41, 5.74) is 0. The molecule has 0 spiro atoms. The van der Waals surface area contributed by atoms with E-state index in [2.05, 4.69) is 18.7 Å². The van der Waals surface area contributed by atoms with Crippen molar-refractivity contribution in [1.29, 1.82) is 0 Å². The monoisotopic (exact) mass is 204 g/mol. The van der Waals surface area contributed by atoms with Crippen molar-refractivity contribution in [2.45, 2.75) is 20.8 Å². The third-order valence-electron chi connectivity index (χ3n) is 1.92. The fraction of sp³-hybridized carbons (Fsp3) is 0.286. The molecule has 1 aromatic carbocycles. The summed E-state index contributed by atoms with van der Waals surface area (Å²) < 4.78 is 5.24. The molecule has 0 fully saturated rings. The van der Waals surface area contributed by atoms with E-state index in [9.17, 15) is 0 Å². The van der Waals surface area contributed by atoms with Crippen LogP contribution in [0.5, 0.6) is 5.75 Å². The second kappa shape index (κ2) is 7.86. The molecule has 1 heteroatoms. The van der Waals surface area contributed by atoms with Crippen LogP contribution in [0.2, 0.25) is 0 Å². The molecule has 0 bridgehead atoms. The summed E-state index contributed by atoms with van der Waals surface area (Å²) in [4.78, 5) is 0. The lowest BCUT2D eigenvalue weighted by atomic mass is 10.2. The smallest absolute Gasteiger partial charge is 0.126 e. The number of rotatable bonds is 2. The molecule has 0 unspecified atom stereocenters. The molecule has 0 radical (unpaired) electrons. The van der Waals surface area contributed by atoms with Gasteiger partial charge in [0.25, 0.3) is 0 Å². The van der Waals surface area contributed by atoms with Crippen LogP contribution in [0.1, 0.15) is 20.8 Å². The highest BCUT2D eigenvalue weighted by atomic mass is 16.5. The van der Waals surface area contributed by atoms with E-state index < -0.39 is 0 Å². The first-order valence-corrected chi connectivity index (χ1v) is 5.25. The molecular weight excluding hydrogens is 184 g/mol. The van der Waals surface area contributed by atoms with Gasteiger partial charge in [0.15, 0.2) is 0 Å². The van der Waals surface area contributed by atoms with Crippen LogP contribution in [0.4, 0.5) is 0 Å². The number of allylic oxidation sites excluding steroid dienone is 1. The Morgan fingerprint density at radius 2 is 1.93 bits per heavy atom. The SMILES string of the molecule is C=C/C=c1/c(OC)ccc/c1=C/C.CC. The van der Waals surface area contributed by atoms with Crippen molar-refractivity contribution in [3.63, 3.8) is 0 Å². The highest BCUT2D eigenvalue weighted by Gasteiger charge is 1.92. The van der Waals surface area contributed by atoms with Gasteiger partial charge in [-0.3, -0.25) is 0 Å². The van der Waals surface area contributed by atoms with Crippen molar-refractivity contribution in [3.05, 3.63) is 41.3 Å². The molecule has 0 amide bonds. The number of benzene rings is 1. The maximum absolute atomic E-state index is 5.24. The Morgan fingerprint density at radius 1 is 1.27 bits per heavy atom. The quantitative estimate of drug-likeness (QED) is 0.719. The predicted molar refractivity (Wildman–Crippen MR) is 68.4 cm³/mol. The first-order chi connectivity index (χ1) is 7.33. The summed E-state index contributed by atoms with van der Waals surface area (Å²) in [6.07, 6.45) is 5.77. The van der Waals surface area contributed by atoms with E-state index in [1.54, 1.807) is 13.2 Å². The van der Waals surface area contributed by atoms with Gasteiger partial charge in [-0.05, 0) is 18.2 Å². The minimum absolute atomic E-state index is 0.885. The standard InChI is InChI=1S/C12H14O.C2H6/c1-4-7-11-10(5-2)8-6-9-12(11)13-3;1-2/h4-9H,1H2,2-3H3;1-2H3/b10-5-,11-7+;. The zero-order chi connectivity index (χ0) is 11.7. The van der Waals surface area contributed by atoms with E-state index in [0.717, 1.165) is 11.0 Å². The Labute approximate surface area is 92.4 Å². The molecule has 1 rings (SSSR count). The number of hydrogen-bond donors (Lipinski definition) is 0. The van der Waals surface area contributed by atoms with Crippen molar-refractivity contribution < 1.29 is 4.74 Å². The second-order valence-corrected chi connectivity index (χ2v) is 2.65. The van der Waals surface area contributed by atoms with E-state index >= 15 is 0 Å². The molecule has 1 nitrogen and oxygen atoms in total. The first-order valence-electron chi connectivity index (χ1n) is 5.25. The molecule has 0 heterocycles. The van der Waals surface area contributed by atoms with Crippen LogP contribution in [0, 0.1) is 0 Å². The fourth-order valence-corrected chi connectivity index (χ4v) is 1.29. The van der Waals surface area contributed by atoms with E-state index in [-0.39, 0.29) is 0 Å². The lowest BCUT2D eigenvalue weighted by Crippen LogP contribution is -2.25. The van der Waals surface area contributed by atoms with Gasteiger partial charge >= 0.3 is 0 Å². The van der Waals surface area contributed by atoms with Gasteiger partial charge in [0.1, 0.15) is 5.75 Å². The van der Waals surface area contributed by atoms with E-state index in [1.165, 1.54) is 5.22 Å². The summed E-state index contributed by atoms with van der Waals surface area (Å²) in [6.45, 7) is 9.69. The lowest BCUT2D eigenvalue weighted by molar-refractivity contribution is 0.411. The summed E-state index contributed by atoms with van der Waals surface area (Å²) in [5, 5.41) is 2.25. The van der Waals surface area contributed by atoms with E-state index in [4.69, 9.17) is 4.74 Å². The van der Waals surface area contributed by atoms with Gasteiger partial charge in [0.05, 0.1) is 7.11 Å². The highest BCUT2D eigenvalue weighted by Crippen LogP contribution is 1.97. The summed E-state index contributed by atoms with van der Waals surface area (Å²) in [5.74, 6) is 0.885. The lowest BCUT2D eigenvalue weighted by Gasteiger charge is -2.00. The van der Waals surface area contributed by atoms with Gasteiger partial charge in [-0.15, -0.1) is 0 Å². The van der Waals surface area contributed by atoms with Crippen molar-refractivity contribution in [2.24, 2.45) is 0 Å². The minimum atomic E-state index is 0.885. The van der Waals surface area contributed by atoms with Crippen molar-refractivity contribution >= 4 is 12.2 Å². The number of methoxy groups -OCH3 is 1. The second-order valence-electron chi connectivity index (χ2n) is 2.65. The number of ether oxygens (including phenoxy) is 1. The van der Waals surface area contributed by atoms with Crippen LogP contribution in [0.15, 0.2) is 30.9 Å². The summed E-state index contributed by atoms with van der Waals surface area (Å²) in [7, 11) is 1.68. The minimum Gasteiger partial charge on any atom is -0.496 e. The third-order valence-corrected chi connectivity index (χ3v) is 1.92. The molecule has 0 atom stereocenters. The zero-order valence-corrected chi connectivity index (χ0v) is 10.1. The van der Waals surface area contributed by atoms with Gasteiger partial charge in [-0.1, -0.05) is 50.8 Å². The molecule has 15 heavy (non-hydrogen) atoms. The molecule has 0 aromatic heterocycles. The Morgan fingerprint density at radius 3 is 2.40 bits per heavy atom. The molecule has 0 saturated heterocycles. The van der Waals surface area contributed by atoms with Gasteiger partial charge in [0, 0.05) is 5.22 Å². The molecule has 82 valence electrons. The van der Waals surface area contributed by atoms with Crippen LogP contribution in [-0.4, -0.2) is 7.11 Å². The highest BCUT2D eigenvalue weighted by molar-refractivity contribution is 5.44. The van der Waals surface area contributed by atoms with Crippen molar-refractivity contribution in [3.8, 4) is 5.75 Å². The van der Waals surface area contributed by atoms with Gasteiger partial charge in [-0.2, -0.15) is 0 Å². The zero-order valence-electron chi connectivity index (χ0n) is 10.1. The topological polar surface area (TPSA) is 9.23 Å². The molecular formula is C14H20O. The average Bonchev–Trinajstić information content (AvgIpc) is 2.32. The van der Waals surface area contributed by atoms with Crippen molar-refractivity contribution in [1.82, 2.24) is 0 Å². The van der Waals surface area contributed by atoms with Gasteiger partial charge in [-0.25, -0.2) is 0 Å². The maximum atomic E-state index is 5.24. The first kappa shape index (κ1) is 13.5. The molecule has 0 aliphatic rings. The Kier molecular flexibility index (Phi) is 7.08. The fourth-order valence-electron chi connectivity index (χ4n) is 1.29. The molecule has 1 aromatic rings. The summed E-state index contributed by atoms with van der Waals surface area (Å²) >= 11 is 0. The van der Waals surface area contributed by atoms with Crippen LogP contribution < -0.4 is 15.2 Å². The molecule has 0 N–H and O–H groups in total. The molecule has 0 saturated carbocycles. The Balaban J connectivity index is 0.000000921. The van der Waals surface area contributed by atoms with Crippen LogP contribution in [0.3, 0.4) is 0 Å². The third kappa shape index (κ3) is 3.62. The van der Waals surface area contributed by atoms with Crippen molar-refractivity contribution in [2.75, 3.05) is 7.11 Å². The Bertz CT molecular complexity index is 402. The van der Waals surface area contributed by atoms with Crippen LogP contribution in [-0.2, 0) is 0 Å². The van der Waals surface area contributed by atoms with Crippen LogP contribution >= 0.6 is 0 Å². The largest absolute Gasteiger partial charge is 0.496 e. The number of hydrogen-bond acceptors (Lipinski definition) is 1. The van der Waals surface area contributed by atoms with E-state index in [0.29, 0.717) is 0 Å². The predicted octanol–water partition coefficient (Wildman–Crippen LogP) is 2.49. The molecule has 0 aliphatic carbocycles. The maximum Gasteiger partial charge on any atom is 0.126 e. The van der Waals surface area contributed by atoms with Gasteiger partial charge in [0.2, 0.25) is 0 Å². The van der Waals surface area contributed by atoms with E-state index in [1.807, 2.05) is 39.0 Å². The van der Waals surface area contributed by atoms with Crippen LogP contribution in [0.25, 0.3) is 12.2 Å².